The van der Waals surface area contributed by atoms with Crippen LogP contribution in [0, 0.1) is 5.41 Å². The molecule has 2 N–H and O–H groups in total. The van der Waals surface area contributed by atoms with Crippen molar-refractivity contribution in [3.05, 3.63) is 0 Å². The van der Waals surface area contributed by atoms with Crippen molar-refractivity contribution in [3.8, 4) is 0 Å². The normalized spacial score (nSPS) is 31.2. The molecule has 0 aromatic rings. The first-order chi connectivity index (χ1) is 6.27. The summed E-state index contributed by atoms with van der Waals surface area (Å²) in [5.74, 6) is 0.181. The molecule has 3 nitrogen and oxygen atoms in total. The monoisotopic (exact) mass is 183 g/mol. The summed E-state index contributed by atoms with van der Waals surface area (Å²) in [5.41, 5.74) is 0.208. The fourth-order valence-electron chi connectivity index (χ4n) is 2.95. The van der Waals surface area contributed by atoms with Crippen molar-refractivity contribution in [2.75, 3.05) is 6.61 Å². The second-order valence-electron chi connectivity index (χ2n) is 4.38. The molecule has 2 fully saturated rings. The highest BCUT2D eigenvalue weighted by Crippen LogP contribution is 2.47. The fraction of sp³-hybridized carbons (Fsp3) is 0.900. The molecule has 1 amide bonds. The lowest BCUT2D eigenvalue weighted by atomic mass is 9.77. The van der Waals surface area contributed by atoms with Crippen molar-refractivity contribution in [2.24, 2.45) is 5.41 Å². The van der Waals surface area contributed by atoms with Gasteiger partial charge in [0.05, 0.1) is 0 Å². The van der Waals surface area contributed by atoms with Gasteiger partial charge in [-0.2, -0.15) is 0 Å². The van der Waals surface area contributed by atoms with Gasteiger partial charge in [0.2, 0.25) is 5.91 Å². The summed E-state index contributed by atoms with van der Waals surface area (Å²) in [6.45, 7) is 0.187. The summed E-state index contributed by atoms with van der Waals surface area (Å²) in [6, 6.07) is 0.243. The van der Waals surface area contributed by atoms with E-state index in [9.17, 15) is 4.79 Å². The average Bonchev–Trinajstić information content (AvgIpc) is 2.63. The van der Waals surface area contributed by atoms with Gasteiger partial charge in [-0.25, -0.2) is 0 Å². The zero-order chi connectivity index (χ0) is 9.31. The van der Waals surface area contributed by atoms with Crippen molar-refractivity contribution >= 4 is 5.91 Å². The molecular formula is C10H17NO2. The molecule has 13 heavy (non-hydrogen) atoms. The molecule has 2 rings (SSSR count). The molecule has 1 atom stereocenters. The number of aliphatic hydroxyl groups excluding tert-OH is 1. The van der Waals surface area contributed by atoms with Crippen LogP contribution in [0.1, 0.15) is 38.5 Å². The zero-order valence-electron chi connectivity index (χ0n) is 7.88. The summed E-state index contributed by atoms with van der Waals surface area (Å²) in [7, 11) is 0. The topological polar surface area (TPSA) is 49.3 Å². The quantitative estimate of drug-likeness (QED) is 0.666. The molecule has 1 saturated carbocycles. The van der Waals surface area contributed by atoms with E-state index in [0.717, 1.165) is 19.3 Å². The minimum absolute atomic E-state index is 0.181. The standard InChI is InChI=1S/C10H17NO2/c12-6-3-8-10(4-1-2-5-10)7-9(13)11-8/h8,12H,1-7H2,(H,11,13). The van der Waals surface area contributed by atoms with E-state index in [-0.39, 0.29) is 24.0 Å². The lowest BCUT2D eigenvalue weighted by Crippen LogP contribution is -2.36. The van der Waals surface area contributed by atoms with Gasteiger partial charge in [-0.3, -0.25) is 4.79 Å². The number of aliphatic hydroxyl groups is 1. The van der Waals surface area contributed by atoms with Gasteiger partial charge >= 0.3 is 0 Å². The molecule has 0 aromatic heterocycles. The highest BCUT2D eigenvalue weighted by Gasteiger charge is 2.47. The molecule has 2 aliphatic rings. The van der Waals surface area contributed by atoms with Gasteiger partial charge in [0.25, 0.3) is 0 Å². The van der Waals surface area contributed by atoms with Gasteiger partial charge < -0.3 is 10.4 Å². The van der Waals surface area contributed by atoms with Crippen molar-refractivity contribution in [1.29, 1.82) is 0 Å². The number of carbonyl (C=O) groups is 1. The third kappa shape index (κ3) is 1.46. The minimum atomic E-state index is 0.181. The second kappa shape index (κ2) is 3.29. The van der Waals surface area contributed by atoms with Gasteiger partial charge in [0, 0.05) is 19.1 Å². The Morgan fingerprint density at radius 1 is 1.46 bits per heavy atom. The maximum absolute atomic E-state index is 11.3. The Morgan fingerprint density at radius 2 is 2.15 bits per heavy atom. The average molecular weight is 183 g/mol. The Kier molecular flexibility index (Phi) is 2.28. The summed E-state index contributed by atoms with van der Waals surface area (Å²) < 4.78 is 0. The molecule has 0 radical (unpaired) electrons. The molecule has 1 unspecified atom stereocenters. The maximum Gasteiger partial charge on any atom is 0.220 e. The van der Waals surface area contributed by atoms with Gasteiger partial charge in [-0.05, 0) is 24.7 Å². The third-order valence-electron chi connectivity index (χ3n) is 3.60. The number of nitrogens with one attached hydrogen (secondary N) is 1. The van der Waals surface area contributed by atoms with Crippen LogP contribution in [0.25, 0.3) is 0 Å². The van der Waals surface area contributed by atoms with E-state index < -0.39 is 0 Å². The van der Waals surface area contributed by atoms with Crippen molar-refractivity contribution in [2.45, 2.75) is 44.6 Å². The van der Waals surface area contributed by atoms with Crippen molar-refractivity contribution < 1.29 is 9.90 Å². The molecule has 1 heterocycles. The van der Waals surface area contributed by atoms with E-state index in [0.29, 0.717) is 6.42 Å². The molecule has 1 aliphatic carbocycles. The van der Waals surface area contributed by atoms with E-state index in [2.05, 4.69) is 5.32 Å². The van der Waals surface area contributed by atoms with Crippen molar-refractivity contribution in [3.63, 3.8) is 0 Å². The lowest BCUT2D eigenvalue weighted by molar-refractivity contribution is -0.119. The first kappa shape index (κ1) is 9.00. The summed E-state index contributed by atoms with van der Waals surface area (Å²) in [6.07, 6.45) is 6.24. The molecule has 74 valence electrons. The highest BCUT2D eigenvalue weighted by molar-refractivity contribution is 5.80. The Hall–Kier alpha value is -0.570. The maximum atomic E-state index is 11.3. The highest BCUT2D eigenvalue weighted by atomic mass is 16.3. The van der Waals surface area contributed by atoms with Crippen LogP contribution in [0.15, 0.2) is 0 Å². The largest absolute Gasteiger partial charge is 0.396 e. The first-order valence-electron chi connectivity index (χ1n) is 5.17. The van der Waals surface area contributed by atoms with Gasteiger partial charge in [-0.1, -0.05) is 12.8 Å². The predicted molar refractivity (Wildman–Crippen MR) is 49.2 cm³/mol. The second-order valence-corrected chi connectivity index (χ2v) is 4.38. The van der Waals surface area contributed by atoms with E-state index in [1.807, 2.05) is 0 Å². The molecule has 3 heteroatoms. The van der Waals surface area contributed by atoms with E-state index in [1.165, 1.54) is 12.8 Å². The smallest absolute Gasteiger partial charge is 0.220 e. The van der Waals surface area contributed by atoms with Gasteiger partial charge in [0.15, 0.2) is 0 Å². The van der Waals surface area contributed by atoms with Crippen LogP contribution in [-0.4, -0.2) is 23.7 Å². The number of amides is 1. The zero-order valence-corrected chi connectivity index (χ0v) is 7.88. The van der Waals surface area contributed by atoms with Crippen LogP contribution in [0.2, 0.25) is 0 Å². The van der Waals surface area contributed by atoms with Crippen LogP contribution >= 0.6 is 0 Å². The SMILES string of the molecule is O=C1CC2(CCCC2)C(CCO)N1. The number of rotatable bonds is 2. The number of hydrogen-bond donors (Lipinski definition) is 2. The molecular weight excluding hydrogens is 166 g/mol. The third-order valence-corrected chi connectivity index (χ3v) is 3.60. The number of carbonyl (C=O) groups excluding carboxylic acids is 1. The molecule has 1 spiro atoms. The minimum Gasteiger partial charge on any atom is -0.396 e. The predicted octanol–water partition coefficient (Wildman–Crippen LogP) is 0.818. The fourth-order valence-corrected chi connectivity index (χ4v) is 2.95. The van der Waals surface area contributed by atoms with E-state index in [4.69, 9.17) is 5.11 Å². The molecule has 1 aliphatic heterocycles. The van der Waals surface area contributed by atoms with E-state index in [1.54, 1.807) is 0 Å². The molecule has 0 bridgehead atoms. The molecule has 1 saturated heterocycles. The van der Waals surface area contributed by atoms with Crippen LogP contribution in [-0.2, 0) is 4.79 Å². The molecule has 0 aromatic carbocycles. The summed E-state index contributed by atoms with van der Waals surface area (Å²) in [4.78, 5) is 11.3. The Balaban J connectivity index is 2.10. The number of hydrogen-bond acceptors (Lipinski definition) is 2. The van der Waals surface area contributed by atoms with Crippen LogP contribution in [0.5, 0.6) is 0 Å². The first-order valence-corrected chi connectivity index (χ1v) is 5.17. The summed E-state index contributed by atoms with van der Waals surface area (Å²) in [5, 5.41) is 11.9. The summed E-state index contributed by atoms with van der Waals surface area (Å²) >= 11 is 0. The van der Waals surface area contributed by atoms with Crippen molar-refractivity contribution in [1.82, 2.24) is 5.32 Å². The van der Waals surface area contributed by atoms with Gasteiger partial charge in [-0.15, -0.1) is 0 Å². The Bertz CT molecular complexity index is 209. The van der Waals surface area contributed by atoms with Crippen LogP contribution in [0.3, 0.4) is 0 Å². The van der Waals surface area contributed by atoms with E-state index >= 15 is 0 Å². The van der Waals surface area contributed by atoms with Crippen LogP contribution in [0.4, 0.5) is 0 Å². The lowest BCUT2D eigenvalue weighted by Gasteiger charge is -2.28. The Morgan fingerprint density at radius 3 is 2.77 bits per heavy atom. The Labute approximate surface area is 78.5 Å². The van der Waals surface area contributed by atoms with Gasteiger partial charge in [0.1, 0.15) is 0 Å². The van der Waals surface area contributed by atoms with Crippen LogP contribution < -0.4 is 5.32 Å².